The Morgan fingerprint density at radius 3 is 2.32 bits per heavy atom. The van der Waals surface area contributed by atoms with Crippen LogP contribution in [0.5, 0.6) is 0 Å². The second kappa shape index (κ2) is 9.20. The van der Waals surface area contributed by atoms with Gasteiger partial charge in [0.15, 0.2) is 0 Å². The molecule has 2 aromatic carbocycles. The van der Waals surface area contributed by atoms with Gasteiger partial charge in [-0.15, -0.1) is 0 Å². The number of hydrogen-bond donors (Lipinski definition) is 0. The Kier molecular flexibility index (Phi) is 6.39. The molecule has 3 aromatic rings. The van der Waals surface area contributed by atoms with E-state index in [4.69, 9.17) is 16.3 Å². The molecule has 162 valence electrons. The van der Waals surface area contributed by atoms with Crippen molar-refractivity contribution >= 4 is 17.5 Å². The highest BCUT2D eigenvalue weighted by Crippen LogP contribution is 2.38. The maximum atomic E-state index is 14.3. The van der Waals surface area contributed by atoms with Gasteiger partial charge in [-0.3, -0.25) is 4.79 Å². The highest BCUT2D eigenvalue weighted by Gasteiger charge is 2.32. The van der Waals surface area contributed by atoms with Crippen molar-refractivity contribution in [3.8, 4) is 11.1 Å². The average molecular weight is 445 g/mol. The molecule has 31 heavy (non-hydrogen) atoms. The van der Waals surface area contributed by atoms with Crippen LogP contribution < -0.4 is 0 Å². The lowest BCUT2D eigenvalue weighted by Gasteiger charge is -2.28. The quantitative estimate of drug-likeness (QED) is 0.515. The van der Waals surface area contributed by atoms with Gasteiger partial charge >= 0.3 is 0 Å². The fraction of sp³-hybridized carbons (Fsp3) is 0.292. The number of rotatable bonds is 5. The summed E-state index contributed by atoms with van der Waals surface area (Å²) in [7, 11) is 0. The Bertz CT molecular complexity index is 1060. The molecule has 0 spiro atoms. The molecule has 1 aliphatic rings. The van der Waals surface area contributed by atoms with Gasteiger partial charge in [0.1, 0.15) is 5.69 Å². The number of halogens is 3. The van der Waals surface area contributed by atoms with E-state index in [0.717, 1.165) is 5.56 Å². The van der Waals surface area contributed by atoms with Gasteiger partial charge in [-0.25, -0.2) is 8.78 Å². The van der Waals surface area contributed by atoms with Crippen molar-refractivity contribution < 1.29 is 18.3 Å². The summed E-state index contributed by atoms with van der Waals surface area (Å²) in [6.45, 7) is 3.56. The first kappa shape index (κ1) is 21.5. The van der Waals surface area contributed by atoms with E-state index in [9.17, 15) is 13.6 Å². The van der Waals surface area contributed by atoms with Gasteiger partial charge in [-0.05, 0) is 35.7 Å². The maximum Gasteiger partial charge on any atom is 0.278 e. The Balaban J connectivity index is 1.93. The zero-order valence-corrected chi connectivity index (χ0v) is 17.9. The molecule has 0 unspecified atom stereocenters. The van der Waals surface area contributed by atoms with E-state index >= 15 is 0 Å². The van der Waals surface area contributed by atoms with Crippen LogP contribution in [0.1, 0.15) is 33.7 Å². The van der Waals surface area contributed by atoms with E-state index < -0.39 is 6.43 Å². The van der Waals surface area contributed by atoms with Gasteiger partial charge in [0.25, 0.3) is 12.3 Å². The van der Waals surface area contributed by atoms with Gasteiger partial charge in [0.05, 0.1) is 18.9 Å². The van der Waals surface area contributed by atoms with Gasteiger partial charge < -0.3 is 14.2 Å². The smallest absolute Gasteiger partial charge is 0.278 e. The number of nitrogens with zero attached hydrogens (tertiary/aromatic N) is 2. The van der Waals surface area contributed by atoms with Crippen LogP contribution >= 0.6 is 11.6 Å². The van der Waals surface area contributed by atoms with Crippen LogP contribution in [0.15, 0.2) is 54.6 Å². The summed E-state index contributed by atoms with van der Waals surface area (Å²) in [4.78, 5) is 15.3. The van der Waals surface area contributed by atoms with Crippen LogP contribution in [0.2, 0.25) is 5.02 Å². The molecule has 2 heterocycles. The number of ether oxygens (including phenoxy) is 1. The number of benzene rings is 2. The summed E-state index contributed by atoms with van der Waals surface area (Å²) in [6.07, 6.45) is -2.72. The number of carbonyl (C=O) groups excluding carboxylic acids is 1. The number of morpholine rings is 1. The highest BCUT2D eigenvalue weighted by atomic mass is 35.5. The molecule has 0 N–H and O–H groups in total. The van der Waals surface area contributed by atoms with Crippen LogP contribution in [0, 0.1) is 6.92 Å². The van der Waals surface area contributed by atoms with E-state index in [1.807, 2.05) is 30.3 Å². The first-order valence-electron chi connectivity index (χ1n) is 10.2. The molecule has 1 fully saturated rings. The zero-order chi connectivity index (χ0) is 22.0. The lowest BCUT2D eigenvalue weighted by molar-refractivity contribution is 0.0295. The van der Waals surface area contributed by atoms with Crippen LogP contribution in [-0.4, -0.2) is 41.7 Å². The molecule has 1 saturated heterocycles. The van der Waals surface area contributed by atoms with Gasteiger partial charge in [-0.1, -0.05) is 54.1 Å². The molecule has 4 nitrogen and oxygen atoms in total. The normalized spacial score (nSPS) is 14.3. The third kappa shape index (κ3) is 4.36. The van der Waals surface area contributed by atoms with Crippen molar-refractivity contribution in [3.05, 3.63) is 82.1 Å². The SMILES string of the molecule is Cc1c(-c2ccc(Cl)cc2)c(C(=O)N2CCOCC2)n(Cc2ccccc2)c1C(F)F. The molecule has 0 aliphatic carbocycles. The lowest BCUT2D eigenvalue weighted by Crippen LogP contribution is -2.41. The van der Waals surface area contributed by atoms with E-state index in [0.29, 0.717) is 48.0 Å². The topological polar surface area (TPSA) is 34.5 Å². The van der Waals surface area contributed by atoms with Crippen molar-refractivity contribution in [1.29, 1.82) is 0 Å². The van der Waals surface area contributed by atoms with Crippen LogP contribution in [0.3, 0.4) is 0 Å². The molecule has 4 rings (SSSR count). The Morgan fingerprint density at radius 2 is 1.71 bits per heavy atom. The average Bonchev–Trinajstić information content (AvgIpc) is 3.07. The van der Waals surface area contributed by atoms with Crippen LogP contribution in [0.25, 0.3) is 11.1 Å². The summed E-state index contributed by atoms with van der Waals surface area (Å²) in [5, 5.41) is 0.542. The molecule has 0 saturated carbocycles. The minimum absolute atomic E-state index is 0.134. The summed E-state index contributed by atoms with van der Waals surface area (Å²) in [5.41, 5.74) is 2.61. The number of hydrogen-bond acceptors (Lipinski definition) is 2. The Morgan fingerprint density at radius 1 is 1.06 bits per heavy atom. The highest BCUT2D eigenvalue weighted by molar-refractivity contribution is 6.30. The van der Waals surface area contributed by atoms with Crippen molar-refractivity contribution in [3.63, 3.8) is 0 Å². The molecular formula is C24H23ClF2N2O2. The first-order chi connectivity index (χ1) is 15.0. The van der Waals surface area contributed by atoms with Crippen molar-refractivity contribution in [2.24, 2.45) is 0 Å². The molecule has 1 amide bonds. The second-order valence-electron chi connectivity index (χ2n) is 7.52. The standard InChI is InChI=1S/C24H23ClF2N2O2/c1-16-20(18-7-9-19(25)10-8-18)22(24(30)28-11-13-31-14-12-28)29(21(16)23(26)27)15-17-5-3-2-4-6-17/h2-10,23H,11-15H2,1H3. The second-order valence-corrected chi connectivity index (χ2v) is 7.95. The van der Waals surface area contributed by atoms with Gasteiger partial charge in [0, 0.05) is 30.2 Å². The minimum Gasteiger partial charge on any atom is -0.378 e. The summed E-state index contributed by atoms with van der Waals surface area (Å²) in [5.74, 6) is -0.265. The Labute approximate surface area is 185 Å². The molecule has 0 bridgehead atoms. The minimum atomic E-state index is -2.72. The zero-order valence-electron chi connectivity index (χ0n) is 17.2. The predicted octanol–water partition coefficient (Wildman–Crippen LogP) is 5.58. The summed E-state index contributed by atoms with van der Waals surface area (Å²) in [6, 6.07) is 16.3. The molecule has 7 heteroatoms. The molecule has 1 aromatic heterocycles. The molecule has 0 radical (unpaired) electrons. The fourth-order valence-electron chi connectivity index (χ4n) is 4.08. The monoisotopic (exact) mass is 444 g/mol. The number of alkyl halides is 2. The number of amides is 1. The van der Waals surface area contributed by atoms with E-state index in [1.165, 1.54) is 4.57 Å². The third-order valence-corrected chi connectivity index (χ3v) is 5.83. The summed E-state index contributed by atoms with van der Waals surface area (Å²) < 4.78 is 35.4. The number of carbonyl (C=O) groups is 1. The fourth-order valence-corrected chi connectivity index (χ4v) is 4.21. The van der Waals surface area contributed by atoms with E-state index in [-0.39, 0.29) is 23.8 Å². The van der Waals surface area contributed by atoms with Crippen molar-refractivity contribution in [2.45, 2.75) is 19.9 Å². The van der Waals surface area contributed by atoms with E-state index in [2.05, 4.69) is 0 Å². The number of aromatic nitrogens is 1. The van der Waals surface area contributed by atoms with Gasteiger partial charge in [0.2, 0.25) is 0 Å². The third-order valence-electron chi connectivity index (χ3n) is 5.58. The maximum absolute atomic E-state index is 14.3. The molecule has 0 atom stereocenters. The van der Waals surface area contributed by atoms with Crippen molar-refractivity contribution in [1.82, 2.24) is 9.47 Å². The van der Waals surface area contributed by atoms with Gasteiger partial charge in [-0.2, -0.15) is 0 Å². The summed E-state index contributed by atoms with van der Waals surface area (Å²) >= 11 is 6.04. The first-order valence-corrected chi connectivity index (χ1v) is 10.5. The molecular weight excluding hydrogens is 422 g/mol. The van der Waals surface area contributed by atoms with Crippen LogP contribution in [-0.2, 0) is 11.3 Å². The largest absolute Gasteiger partial charge is 0.378 e. The van der Waals surface area contributed by atoms with E-state index in [1.54, 1.807) is 36.1 Å². The predicted molar refractivity (Wildman–Crippen MR) is 117 cm³/mol. The van der Waals surface area contributed by atoms with Crippen molar-refractivity contribution in [2.75, 3.05) is 26.3 Å². The Hall–Kier alpha value is -2.70. The van der Waals surface area contributed by atoms with Crippen LogP contribution in [0.4, 0.5) is 8.78 Å². The lowest BCUT2D eigenvalue weighted by atomic mass is 10.00. The molecule has 1 aliphatic heterocycles.